The first kappa shape index (κ1) is 22.0. The highest BCUT2D eigenvalue weighted by Gasteiger charge is 2.38. The standard InChI is InChI=1S/C20H20N4O6S/c1-3-14-15(9-21)17(22-19(30-2)16(14)20(26)27)24-10-12(11-24)18(25)23-31(28,29)13-7-5-4-6-8-13/h4-8,12H,3,10-11H2,1-2H3,(H,23,25)(H,26,27). The third kappa shape index (κ3) is 4.15. The molecule has 0 aliphatic carbocycles. The average molecular weight is 444 g/mol. The zero-order valence-electron chi connectivity index (χ0n) is 16.8. The Morgan fingerprint density at radius 1 is 1.32 bits per heavy atom. The fraction of sp³-hybridized carbons (Fsp3) is 0.300. The Kier molecular flexibility index (Phi) is 6.12. The van der Waals surface area contributed by atoms with Crippen LogP contribution in [0.4, 0.5) is 5.82 Å². The van der Waals surface area contributed by atoms with Crippen LogP contribution in [-0.4, -0.2) is 50.6 Å². The van der Waals surface area contributed by atoms with Crippen molar-refractivity contribution in [2.45, 2.75) is 18.2 Å². The Morgan fingerprint density at radius 2 is 1.97 bits per heavy atom. The normalized spacial score (nSPS) is 13.8. The number of hydrogen-bond donors (Lipinski definition) is 2. The lowest BCUT2D eigenvalue weighted by molar-refractivity contribution is -0.123. The molecule has 162 valence electrons. The molecule has 0 spiro atoms. The van der Waals surface area contributed by atoms with Crippen LogP contribution < -0.4 is 14.4 Å². The number of carbonyl (C=O) groups excluding carboxylic acids is 1. The van der Waals surface area contributed by atoms with E-state index in [0.29, 0.717) is 0 Å². The monoisotopic (exact) mass is 444 g/mol. The SMILES string of the molecule is CCc1c(C#N)c(N2CC(C(=O)NS(=O)(=O)c3ccccc3)C2)nc(OC)c1C(=O)O. The molecule has 1 fully saturated rings. The van der Waals surface area contributed by atoms with E-state index < -0.39 is 27.8 Å². The number of carboxylic acids is 1. The van der Waals surface area contributed by atoms with Gasteiger partial charge in [0.15, 0.2) is 5.82 Å². The summed E-state index contributed by atoms with van der Waals surface area (Å²) in [6, 6.07) is 9.54. The number of anilines is 1. The summed E-state index contributed by atoms with van der Waals surface area (Å²) in [5, 5.41) is 19.1. The van der Waals surface area contributed by atoms with Crippen LogP contribution in [0.25, 0.3) is 0 Å². The summed E-state index contributed by atoms with van der Waals surface area (Å²) >= 11 is 0. The van der Waals surface area contributed by atoms with Crippen molar-refractivity contribution in [1.82, 2.24) is 9.71 Å². The van der Waals surface area contributed by atoms with Gasteiger partial charge in [0.2, 0.25) is 11.8 Å². The molecule has 1 aromatic carbocycles. The number of benzene rings is 1. The number of pyridine rings is 1. The summed E-state index contributed by atoms with van der Waals surface area (Å²) in [5.41, 5.74) is 0.210. The first-order valence-electron chi connectivity index (χ1n) is 9.34. The molecule has 0 bridgehead atoms. The highest BCUT2D eigenvalue weighted by molar-refractivity contribution is 7.90. The van der Waals surface area contributed by atoms with E-state index in [-0.39, 0.29) is 52.8 Å². The van der Waals surface area contributed by atoms with E-state index in [9.17, 15) is 28.4 Å². The molecule has 1 amide bonds. The number of nitriles is 1. The Morgan fingerprint density at radius 3 is 2.48 bits per heavy atom. The summed E-state index contributed by atoms with van der Waals surface area (Å²) < 4.78 is 31.8. The van der Waals surface area contributed by atoms with Crippen LogP contribution in [0.3, 0.4) is 0 Å². The second kappa shape index (κ2) is 8.61. The molecule has 2 aromatic rings. The van der Waals surface area contributed by atoms with Gasteiger partial charge < -0.3 is 14.7 Å². The van der Waals surface area contributed by atoms with Crippen LogP contribution in [0.5, 0.6) is 5.88 Å². The van der Waals surface area contributed by atoms with Gasteiger partial charge in [-0.05, 0) is 24.1 Å². The minimum Gasteiger partial charge on any atom is -0.480 e. The first-order valence-corrected chi connectivity index (χ1v) is 10.8. The molecule has 3 rings (SSSR count). The van der Waals surface area contributed by atoms with E-state index in [1.807, 2.05) is 6.07 Å². The Balaban J connectivity index is 1.81. The van der Waals surface area contributed by atoms with Gasteiger partial charge in [0.25, 0.3) is 10.0 Å². The fourth-order valence-corrected chi connectivity index (χ4v) is 4.42. The Labute approximate surface area is 179 Å². The predicted octanol–water partition coefficient (Wildman–Crippen LogP) is 1.16. The fourth-order valence-electron chi connectivity index (χ4n) is 3.36. The van der Waals surface area contributed by atoms with Crippen LogP contribution >= 0.6 is 0 Å². The molecule has 0 atom stereocenters. The summed E-state index contributed by atoms with van der Waals surface area (Å²) in [6.07, 6.45) is 0.267. The molecule has 1 aliphatic heterocycles. The number of ether oxygens (including phenoxy) is 1. The number of carbonyl (C=O) groups is 2. The van der Waals surface area contributed by atoms with Crippen LogP contribution in [0.15, 0.2) is 35.2 Å². The highest BCUT2D eigenvalue weighted by Crippen LogP contribution is 2.34. The molecule has 0 radical (unpaired) electrons. The second-order valence-corrected chi connectivity index (χ2v) is 8.51. The average Bonchev–Trinajstić information content (AvgIpc) is 2.71. The minimum absolute atomic E-state index is 0.0189. The van der Waals surface area contributed by atoms with Crippen molar-refractivity contribution in [2.24, 2.45) is 5.92 Å². The number of hydrogen-bond acceptors (Lipinski definition) is 8. The van der Waals surface area contributed by atoms with Gasteiger partial charge in [-0.1, -0.05) is 25.1 Å². The lowest BCUT2D eigenvalue weighted by Gasteiger charge is -2.39. The van der Waals surface area contributed by atoms with Crippen molar-refractivity contribution >= 4 is 27.7 Å². The maximum Gasteiger partial charge on any atom is 0.341 e. The van der Waals surface area contributed by atoms with E-state index in [2.05, 4.69) is 9.71 Å². The van der Waals surface area contributed by atoms with Crippen LogP contribution in [0, 0.1) is 17.2 Å². The minimum atomic E-state index is -3.98. The smallest absolute Gasteiger partial charge is 0.341 e. The largest absolute Gasteiger partial charge is 0.480 e. The molecule has 31 heavy (non-hydrogen) atoms. The van der Waals surface area contributed by atoms with Gasteiger partial charge in [0.1, 0.15) is 11.6 Å². The molecule has 10 nitrogen and oxygen atoms in total. The number of carboxylic acid groups (broad SMARTS) is 1. The summed E-state index contributed by atoms with van der Waals surface area (Å²) in [4.78, 5) is 29.8. The summed E-state index contributed by atoms with van der Waals surface area (Å²) in [7, 11) is -2.70. The zero-order valence-corrected chi connectivity index (χ0v) is 17.6. The molecule has 0 unspecified atom stereocenters. The topological polar surface area (TPSA) is 150 Å². The number of sulfonamides is 1. The molecule has 1 aromatic heterocycles. The lowest BCUT2D eigenvalue weighted by Crippen LogP contribution is -2.55. The molecule has 11 heteroatoms. The first-order chi connectivity index (χ1) is 14.7. The quantitative estimate of drug-likeness (QED) is 0.641. The predicted molar refractivity (Wildman–Crippen MR) is 109 cm³/mol. The Hall–Kier alpha value is -3.65. The molecule has 2 heterocycles. The van der Waals surface area contributed by atoms with Crippen LogP contribution in [0.2, 0.25) is 0 Å². The molecular formula is C20H20N4O6S. The number of methoxy groups -OCH3 is 1. The van der Waals surface area contributed by atoms with Crippen molar-refractivity contribution < 1.29 is 27.9 Å². The number of rotatable bonds is 7. The number of aromatic carboxylic acids is 1. The third-order valence-electron chi connectivity index (χ3n) is 4.96. The van der Waals surface area contributed by atoms with Gasteiger partial charge in [-0.15, -0.1) is 0 Å². The third-order valence-corrected chi connectivity index (χ3v) is 6.32. The zero-order chi connectivity index (χ0) is 22.8. The number of amides is 1. The van der Waals surface area contributed by atoms with Gasteiger partial charge in [-0.25, -0.2) is 17.9 Å². The van der Waals surface area contributed by atoms with Crippen molar-refractivity contribution in [3.05, 3.63) is 47.0 Å². The van der Waals surface area contributed by atoms with Crippen LogP contribution in [-0.2, 0) is 21.2 Å². The van der Waals surface area contributed by atoms with E-state index in [1.165, 1.54) is 19.2 Å². The maximum atomic E-state index is 12.4. The van der Waals surface area contributed by atoms with Crippen molar-refractivity contribution in [2.75, 3.05) is 25.1 Å². The van der Waals surface area contributed by atoms with Crippen molar-refractivity contribution in [3.63, 3.8) is 0 Å². The van der Waals surface area contributed by atoms with Crippen molar-refractivity contribution in [3.8, 4) is 11.9 Å². The molecule has 0 saturated carbocycles. The Bertz CT molecular complexity index is 1170. The van der Waals surface area contributed by atoms with Gasteiger partial charge >= 0.3 is 5.97 Å². The molecular weight excluding hydrogens is 424 g/mol. The number of aromatic nitrogens is 1. The second-order valence-electron chi connectivity index (χ2n) is 6.83. The summed E-state index contributed by atoms with van der Waals surface area (Å²) in [6.45, 7) is 1.96. The van der Waals surface area contributed by atoms with E-state index >= 15 is 0 Å². The van der Waals surface area contributed by atoms with Gasteiger partial charge in [-0.3, -0.25) is 4.79 Å². The molecule has 2 N–H and O–H groups in total. The van der Waals surface area contributed by atoms with Gasteiger partial charge in [-0.2, -0.15) is 10.2 Å². The van der Waals surface area contributed by atoms with Crippen LogP contribution in [0.1, 0.15) is 28.4 Å². The molecule has 1 aliphatic rings. The molecule has 1 saturated heterocycles. The lowest BCUT2D eigenvalue weighted by atomic mass is 9.96. The van der Waals surface area contributed by atoms with Gasteiger partial charge in [0.05, 0.1) is 23.5 Å². The number of nitrogens with zero attached hydrogens (tertiary/aromatic N) is 3. The van der Waals surface area contributed by atoms with E-state index in [0.717, 1.165) is 0 Å². The van der Waals surface area contributed by atoms with Gasteiger partial charge in [0, 0.05) is 13.1 Å². The van der Waals surface area contributed by atoms with E-state index in [4.69, 9.17) is 4.74 Å². The number of nitrogens with one attached hydrogen (secondary N) is 1. The van der Waals surface area contributed by atoms with E-state index in [1.54, 1.807) is 30.0 Å². The summed E-state index contributed by atoms with van der Waals surface area (Å²) in [5.74, 6) is -2.48. The van der Waals surface area contributed by atoms with Crippen molar-refractivity contribution in [1.29, 1.82) is 5.26 Å². The maximum absolute atomic E-state index is 12.4. The highest BCUT2D eigenvalue weighted by atomic mass is 32.2.